The van der Waals surface area contributed by atoms with Gasteiger partial charge in [-0.05, 0) is 36.8 Å². The highest BCUT2D eigenvalue weighted by atomic mass is 16.5. The Morgan fingerprint density at radius 2 is 2.19 bits per heavy atom. The van der Waals surface area contributed by atoms with Gasteiger partial charge < -0.3 is 10.1 Å². The molecular formula is C16H14N4O. The number of rotatable bonds is 2. The average molecular weight is 278 g/mol. The van der Waals surface area contributed by atoms with Gasteiger partial charge in [0.2, 0.25) is 5.88 Å². The molecule has 5 heteroatoms. The van der Waals surface area contributed by atoms with Gasteiger partial charge in [0, 0.05) is 29.8 Å². The van der Waals surface area contributed by atoms with Crippen LogP contribution in [0.5, 0.6) is 5.88 Å². The normalized spacial score (nSPS) is 12.4. The van der Waals surface area contributed by atoms with E-state index in [0.717, 1.165) is 33.7 Å². The van der Waals surface area contributed by atoms with Crippen molar-refractivity contribution < 1.29 is 4.74 Å². The number of anilines is 1. The van der Waals surface area contributed by atoms with Crippen molar-refractivity contribution in [3.05, 3.63) is 42.1 Å². The molecule has 4 rings (SSSR count). The van der Waals surface area contributed by atoms with Gasteiger partial charge in [0.05, 0.1) is 12.3 Å². The first kappa shape index (κ1) is 12.1. The van der Waals surface area contributed by atoms with Gasteiger partial charge in [0.25, 0.3) is 0 Å². The summed E-state index contributed by atoms with van der Waals surface area (Å²) >= 11 is 0. The summed E-state index contributed by atoms with van der Waals surface area (Å²) in [6, 6.07) is 9.97. The van der Waals surface area contributed by atoms with Crippen LogP contribution < -0.4 is 10.1 Å². The number of fused-ring (bicyclic) bond motifs is 4. The Labute approximate surface area is 122 Å². The lowest BCUT2D eigenvalue weighted by Crippen LogP contribution is -2.12. The monoisotopic (exact) mass is 278 g/mol. The number of aromatic nitrogens is 3. The van der Waals surface area contributed by atoms with Crippen molar-refractivity contribution in [2.24, 2.45) is 0 Å². The highest BCUT2D eigenvalue weighted by Gasteiger charge is 2.19. The van der Waals surface area contributed by atoms with Crippen LogP contribution in [0.15, 0.2) is 36.5 Å². The third kappa shape index (κ3) is 1.98. The molecule has 0 fully saturated rings. The Morgan fingerprint density at radius 1 is 1.24 bits per heavy atom. The summed E-state index contributed by atoms with van der Waals surface area (Å²) in [5, 5.41) is 4.39. The third-order valence-corrected chi connectivity index (χ3v) is 3.53. The molecule has 0 radical (unpaired) electrons. The van der Waals surface area contributed by atoms with E-state index in [1.807, 2.05) is 31.2 Å². The molecule has 0 spiro atoms. The van der Waals surface area contributed by atoms with E-state index in [-0.39, 0.29) is 0 Å². The van der Waals surface area contributed by atoms with Gasteiger partial charge in [-0.15, -0.1) is 0 Å². The number of nitrogens with zero attached hydrogens (tertiary/aromatic N) is 3. The first-order valence-electron chi connectivity index (χ1n) is 6.98. The first-order chi connectivity index (χ1) is 10.3. The van der Waals surface area contributed by atoms with Gasteiger partial charge >= 0.3 is 0 Å². The van der Waals surface area contributed by atoms with E-state index in [9.17, 15) is 0 Å². The zero-order valence-electron chi connectivity index (χ0n) is 11.6. The molecule has 0 aliphatic carbocycles. The summed E-state index contributed by atoms with van der Waals surface area (Å²) in [4.78, 5) is 13.5. The Hall–Kier alpha value is -2.69. The second kappa shape index (κ2) is 4.70. The summed E-state index contributed by atoms with van der Waals surface area (Å²) in [5.74, 6) is 1.45. The second-order valence-electron chi connectivity index (χ2n) is 4.88. The lowest BCUT2D eigenvalue weighted by Gasteiger charge is -2.20. The molecule has 3 aromatic rings. The molecule has 0 aromatic carbocycles. The maximum absolute atomic E-state index is 5.45. The van der Waals surface area contributed by atoms with Gasteiger partial charge in [-0.1, -0.05) is 0 Å². The molecule has 1 aliphatic heterocycles. The quantitative estimate of drug-likeness (QED) is 0.780. The first-order valence-corrected chi connectivity index (χ1v) is 6.98. The predicted molar refractivity (Wildman–Crippen MR) is 81.3 cm³/mol. The molecule has 0 amide bonds. The van der Waals surface area contributed by atoms with Crippen molar-refractivity contribution in [2.45, 2.75) is 13.5 Å². The van der Waals surface area contributed by atoms with Crippen LogP contribution in [0.1, 0.15) is 12.5 Å². The zero-order valence-corrected chi connectivity index (χ0v) is 11.6. The minimum absolute atomic E-state index is 0.606. The van der Waals surface area contributed by atoms with Crippen molar-refractivity contribution >= 4 is 16.9 Å². The molecule has 1 N–H and O–H groups in total. The van der Waals surface area contributed by atoms with Gasteiger partial charge in [-0.2, -0.15) is 4.98 Å². The maximum Gasteiger partial charge on any atom is 0.215 e. The van der Waals surface area contributed by atoms with Gasteiger partial charge in [-0.3, -0.25) is 0 Å². The lowest BCUT2D eigenvalue weighted by molar-refractivity contribution is 0.327. The van der Waals surface area contributed by atoms with Crippen LogP contribution in [0.2, 0.25) is 0 Å². The standard InChI is InChI=1S/C16H14N4O/c1-2-21-13-6-5-12-14-11(9-18-16(12)19-13)8-10-4-3-7-17-15(10)20-14/h3-8H,2,9H2,1H3,(H,18,19). The topological polar surface area (TPSA) is 59.9 Å². The van der Waals surface area contributed by atoms with Crippen molar-refractivity contribution in [3.63, 3.8) is 0 Å². The van der Waals surface area contributed by atoms with Crippen LogP contribution in [-0.4, -0.2) is 21.6 Å². The second-order valence-corrected chi connectivity index (χ2v) is 4.88. The van der Waals surface area contributed by atoms with Crippen LogP contribution in [0.4, 0.5) is 5.82 Å². The Kier molecular flexibility index (Phi) is 2.70. The number of ether oxygens (including phenoxy) is 1. The zero-order chi connectivity index (χ0) is 14.2. The predicted octanol–water partition coefficient (Wildman–Crippen LogP) is 3.02. The summed E-state index contributed by atoms with van der Waals surface area (Å²) in [6.45, 7) is 3.27. The molecule has 1 aliphatic rings. The Morgan fingerprint density at radius 3 is 3.10 bits per heavy atom. The van der Waals surface area contributed by atoms with E-state index in [1.54, 1.807) is 6.20 Å². The molecule has 0 bridgehead atoms. The number of hydrogen-bond acceptors (Lipinski definition) is 5. The molecular weight excluding hydrogens is 264 g/mol. The van der Waals surface area contributed by atoms with Gasteiger partial charge in [-0.25, -0.2) is 9.97 Å². The summed E-state index contributed by atoms with van der Waals surface area (Å²) in [6.07, 6.45) is 1.76. The van der Waals surface area contributed by atoms with Crippen LogP contribution >= 0.6 is 0 Å². The smallest absolute Gasteiger partial charge is 0.215 e. The van der Waals surface area contributed by atoms with E-state index in [0.29, 0.717) is 19.0 Å². The molecule has 0 saturated carbocycles. The van der Waals surface area contributed by atoms with Crippen LogP contribution in [-0.2, 0) is 6.54 Å². The van der Waals surface area contributed by atoms with Crippen molar-refractivity contribution in [2.75, 3.05) is 11.9 Å². The molecule has 4 heterocycles. The summed E-state index contributed by atoms with van der Waals surface area (Å²) in [5.41, 5.74) is 3.87. The SMILES string of the molecule is CCOc1ccc2c(n1)NCc1cc3cccnc3nc1-2. The average Bonchev–Trinajstić information content (AvgIpc) is 2.53. The fraction of sp³-hybridized carbons (Fsp3) is 0.188. The van der Waals surface area contributed by atoms with E-state index in [1.165, 1.54) is 0 Å². The third-order valence-electron chi connectivity index (χ3n) is 3.53. The van der Waals surface area contributed by atoms with Crippen molar-refractivity contribution in [3.8, 4) is 17.1 Å². The highest BCUT2D eigenvalue weighted by Crippen LogP contribution is 2.35. The van der Waals surface area contributed by atoms with Crippen molar-refractivity contribution in [1.29, 1.82) is 0 Å². The minimum Gasteiger partial charge on any atom is -0.478 e. The summed E-state index contributed by atoms with van der Waals surface area (Å²) in [7, 11) is 0. The van der Waals surface area contributed by atoms with Crippen LogP contribution in [0, 0.1) is 0 Å². The molecule has 3 aromatic heterocycles. The Balaban J connectivity index is 1.89. The largest absolute Gasteiger partial charge is 0.478 e. The highest BCUT2D eigenvalue weighted by molar-refractivity contribution is 5.85. The number of pyridine rings is 3. The number of hydrogen-bond donors (Lipinski definition) is 1. The molecule has 0 atom stereocenters. The minimum atomic E-state index is 0.606. The molecule has 21 heavy (non-hydrogen) atoms. The van der Waals surface area contributed by atoms with E-state index < -0.39 is 0 Å². The van der Waals surface area contributed by atoms with E-state index >= 15 is 0 Å². The Bertz CT molecular complexity index is 832. The van der Waals surface area contributed by atoms with Crippen LogP contribution in [0.3, 0.4) is 0 Å². The number of nitrogens with one attached hydrogen (secondary N) is 1. The fourth-order valence-electron chi connectivity index (χ4n) is 2.59. The van der Waals surface area contributed by atoms with E-state index in [4.69, 9.17) is 9.72 Å². The van der Waals surface area contributed by atoms with Crippen LogP contribution in [0.25, 0.3) is 22.3 Å². The van der Waals surface area contributed by atoms with Gasteiger partial charge in [0.1, 0.15) is 5.82 Å². The molecule has 5 nitrogen and oxygen atoms in total. The fourth-order valence-corrected chi connectivity index (χ4v) is 2.59. The van der Waals surface area contributed by atoms with Gasteiger partial charge in [0.15, 0.2) is 5.65 Å². The molecule has 0 saturated heterocycles. The summed E-state index contributed by atoms with van der Waals surface area (Å²) < 4.78 is 5.45. The molecule has 104 valence electrons. The van der Waals surface area contributed by atoms with Crippen molar-refractivity contribution in [1.82, 2.24) is 15.0 Å². The maximum atomic E-state index is 5.45. The molecule has 0 unspecified atom stereocenters. The lowest BCUT2D eigenvalue weighted by atomic mass is 10.0. The van der Waals surface area contributed by atoms with E-state index in [2.05, 4.69) is 21.4 Å².